The minimum absolute atomic E-state index is 0.0576. The summed E-state index contributed by atoms with van der Waals surface area (Å²) in [5, 5.41) is 0. The minimum atomic E-state index is -0.0576. The molecule has 26 heavy (non-hydrogen) atoms. The summed E-state index contributed by atoms with van der Waals surface area (Å²) >= 11 is 3.67. The van der Waals surface area contributed by atoms with Crippen LogP contribution in [0.3, 0.4) is 0 Å². The Balaban J connectivity index is 2.08. The lowest BCUT2D eigenvalue weighted by molar-refractivity contribution is -0.134. The fraction of sp³-hybridized carbons (Fsp3) is 0.500. The van der Waals surface area contributed by atoms with Crippen LogP contribution in [-0.2, 0) is 4.79 Å². The summed E-state index contributed by atoms with van der Waals surface area (Å²) in [7, 11) is 0. The number of nitrogens with zero attached hydrogens (tertiary/aromatic N) is 1. The molecular formula is C22H31NOS2. The normalized spacial score (nSPS) is 17.3. The first-order valence-electron chi connectivity index (χ1n) is 9.43. The third-order valence-corrected chi connectivity index (χ3v) is 6.30. The van der Waals surface area contributed by atoms with E-state index in [1.807, 2.05) is 41.4 Å². The number of piperidine rings is 1. The van der Waals surface area contributed by atoms with Gasteiger partial charge < -0.3 is 4.90 Å². The molecule has 0 bridgehead atoms. The lowest BCUT2D eigenvalue weighted by atomic mass is 10.0. The molecule has 0 N–H and O–H groups in total. The zero-order chi connectivity index (χ0) is 18.8. The van der Waals surface area contributed by atoms with Crippen molar-refractivity contribution in [2.24, 2.45) is 5.92 Å². The number of allylic oxidation sites excluding steroid dienone is 1. The maximum Gasteiger partial charge on any atom is 0.229 e. The fourth-order valence-electron chi connectivity index (χ4n) is 3.20. The third kappa shape index (κ3) is 7.24. The summed E-state index contributed by atoms with van der Waals surface area (Å²) in [4.78, 5) is 16.1. The predicted octanol–water partition coefficient (Wildman–Crippen LogP) is 5.66. The predicted molar refractivity (Wildman–Crippen MR) is 117 cm³/mol. The number of rotatable bonds is 8. The summed E-state index contributed by atoms with van der Waals surface area (Å²) in [6.45, 7) is 6.06. The van der Waals surface area contributed by atoms with Gasteiger partial charge in [-0.15, -0.1) is 11.8 Å². The van der Waals surface area contributed by atoms with Crippen molar-refractivity contribution in [3.05, 3.63) is 53.6 Å². The Hall–Kier alpha value is -1.13. The molecule has 1 aromatic carbocycles. The SMILES string of the molecule is CSC/C(C)=C/C(=C\C(C)C(=O)N1CCCCC1)CSc1ccccc1. The Morgan fingerprint density at radius 2 is 1.85 bits per heavy atom. The first-order valence-corrected chi connectivity index (χ1v) is 11.8. The maximum atomic E-state index is 12.8. The van der Waals surface area contributed by atoms with Gasteiger partial charge in [-0.3, -0.25) is 4.79 Å². The first kappa shape index (κ1) is 21.2. The molecule has 1 unspecified atom stereocenters. The van der Waals surface area contributed by atoms with E-state index in [1.165, 1.54) is 22.5 Å². The number of hydrogen-bond acceptors (Lipinski definition) is 3. The quantitative estimate of drug-likeness (QED) is 0.422. The molecule has 1 aliphatic heterocycles. The van der Waals surface area contributed by atoms with E-state index in [0.29, 0.717) is 0 Å². The van der Waals surface area contributed by atoms with E-state index in [9.17, 15) is 4.79 Å². The molecule has 1 atom stereocenters. The molecule has 2 rings (SSSR count). The van der Waals surface area contributed by atoms with Crippen LogP contribution in [0, 0.1) is 5.92 Å². The topological polar surface area (TPSA) is 20.3 Å². The van der Waals surface area contributed by atoms with Crippen LogP contribution in [0.1, 0.15) is 33.1 Å². The Bertz CT molecular complexity index is 618. The largest absolute Gasteiger partial charge is 0.342 e. The molecule has 0 aromatic heterocycles. The number of carbonyl (C=O) groups is 1. The summed E-state index contributed by atoms with van der Waals surface area (Å²) in [6, 6.07) is 10.5. The van der Waals surface area contributed by atoms with Gasteiger partial charge in [0.15, 0.2) is 0 Å². The molecule has 0 radical (unpaired) electrons. The zero-order valence-electron chi connectivity index (χ0n) is 16.2. The highest BCUT2D eigenvalue weighted by molar-refractivity contribution is 7.99. The Morgan fingerprint density at radius 1 is 1.15 bits per heavy atom. The van der Waals surface area contributed by atoms with Crippen LogP contribution >= 0.6 is 23.5 Å². The van der Waals surface area contributed by atoms with E-state index in [4.69, 9.17) is 0 Å². The van der Waals surface area contributed by atoms with Gasteiger partial charge in [-0.05, 0) is 50.1 Å². The molecule has 0 aliphatic carbocycles. The Labute approximate surface area is 167 Å². The molecule has 4 heteroatoms. The van der Waals surface area contributed by atoms with Crippen molar-refractivity contribution in [3.8, 4) is 0 Å². The van der Waals surface area contributed by atoms with Crippen molar-refractivity contribution in [1.82, 2.24) is 4.90 Å². The van der Waals surface area contributed by atoms with Crippen molar-refractivity contribution in [3.63, 3.8) is 0 Å². The third-order valence-electron chi connectivity index (χ3n) is 4.47. The molecule has 1 amide bonds. The molecule has 142 valence electrons. The van der Waals surface area contributed by atoms with E-state index in [-0.39, 0.29) is 11.8 Å². The second-order valence-corrected chi connectivity index (χ2v) is 8.86. The lowest BCUT2D eigenvalue weighted by Crippen LogP contribution is -2.38. The Kier molecular flexibility index (Phi) is 9.41. The highest BCUT2D eigenvalue weighted by Crippen LogP contribution is 2.23. The van der Waals surface area contributed by atoms with E-state index in [0.717, 1.165) is 37.4 Å². The molecule has 2 nitrogen and oxygen atoms in total. The van der Waals surface area contributed by atoms with Gasteiger partial charge in [-0.2, -0.15) is 11.8 Å². The molecule has 1 heterocycles. The zero-order valence-corrected chi connectivity index (χ0v) is 17.9. The summed E-state index contributed by atoms with van der Waals surface area (Å²) in [5.74, 6) is 2.15. The average molecular weight is 390 g/mol. The minimum Gasteiger partial charge on any atom is -0.342 e. The molecule has 0 spiro atoms. The van der Waals surface area contributed by atoms with Crippen LogP contribution in [-0.4, -0.2) is 41.7 Å². The van der Waals surface area contributed by atoms with Crippen molar-refractivity contribution in [2.45, 2.75) is 38.0 Å². The molecule has 0 saturated carbocycles. The van der Waals surface area contributed by atoms with Gasteiger partial charge in [0.2, 0.25) is 5.91 Å². The monoisotopic (exact) mass is 389 g/mol. The fourth-order valence-corrected chi connectivity index (χ4v) is 4.60. The van der Waals surface area contributed by atoms with Crippen LogP contribution in [0.25, 0.3) is 0 Å². The summed E-state index contributed by atoms with van der Waals surface area (Å²) in [5.41, 5.74) is 2.61. The van der Waals surface area contributed by atoms with Crippen molar-refractivity contribution in [2.75, 3.05) is 30.9 Å². The van der Waals surface area contributed by atoms with Gasteiger partial charge in [0.1, 0.15) is 0 Å². The van der Waals surface area contributed by atoms with Crippen LogP contribution < -0.4 is 0 Å². The maximum absolute atomic E-state index is 12.8. The van der Waals surface area contributed by atoms with Gasteiger partial charge in [-0.1, -0.05) is 42.8 Å². The van der Waals surface area contributed by atoms with E-state index < -0.39 is 0 Å². The van der Waals surface area contributed by atoms with E-state index in [1.54, 1.807) is 0 Å². The summed E-state index contributed by atoms with van der Waals surface area (Å²) in [6.07, 6.45) is 10.1. The molecular weight excluding hydrogens is 358 g/mol. The van der Waals surface area contributed by atoms with Crippen LogP contribution in [0.2, 0.25) is 0 Å². The van der Waals surface area contributed by atoms with Crippen LogP contribution in [0.4, 0.5) is 0 Å². The summed E-state index contributed by atoms with van der Waals surface area (Å²) < 4.78 is 0. The number of amides is 1. The van der Waals surface area contributed by atoms with Crippen molar-refractivity contribution < 1.29 is 4.79 Å². The van der Waals surface area contributed by atoms with Gasteiger partial charge in [0.25, 0.3) is 0 Å². The van der Waals surface area contributed by atoms with Crippen LogP contribution in [0.15, 0.2) is 58.5 Å². The highest BCUT2D eigenvalue weighted by Gasteiger charge is 2.20. The molecule has 1 aromatic rings. The van der Waals surface area contributed by atoms with E-state index >= 15 is 0 Å². The van der Waals surface area contributed by atoms with Crippen LogP contribution in [0.5, 0.6) is 0 Å². The van der Waals surface area contributed by atoms with Gasteiger partial charge in [-0.25, -0.2) is 0 Å². The average Bonchev–Trinajstić information content (AvgIpc) is 2.67. The van der Waals surface area contributed by atoms with Crippen molar-refractivity contribution in [1.29, 1.82) is 0 Å². The molecule has 1 saturated heterocycles. The lowest BCUT2D eigenvalue weighted by Gasteiger charge is -2.28. The number of hydrogen-bond donors (Lipinski definition) is 0. The number of benzene rings is 1. The van der Waals surface area contributed by atoms with Gasteiger partial charge >= 0.3 is 0 Å². The molecule has 1 aliphatic rings. The smallest absolute Gasteiger partial charge is 0.229 e. The second-order valence-electron chi connectivity index (χ2n) is 6.94. The first-order chi connectivity index (χ1) is 12.6. The van der Waals surface area contributed by atoms with Gasteiger partial charge in [0, 0.05) is 29.5 Å². The second kappa shape index (κ2) is 11.6. The number of likely N-dealkylation sites (tertiary alicyclic amines) is 1. The Morgan fingerprint density at radius 3 is 2.50 bits per heavy atom. The van der Waals surface area contributed by atoms with E-state index in [2.05, 4.69) is 49.6 Å². The standard InChI is InChI=1S/C22H31NOS2/c1-18(16-25-3)14-20(17-26-21-10-6-4-7-11-21)15-19(2)22(24)23-12-8-5-9-13-23/h4,6-7,10-11,14-15,19H,5,8-9,12-13,16-17H2,1-3H3/b18-14+,20-15+. The van der Waals surface area contributed by atoms with Crippen molar-refractivity contribution >= 4 is 29.4 Å². The number of carbonyl (C=O) groups excluding carboxylic acids is 1. The van der Waals surface area contributed by atoms with Gasteiger partial charge in [0.05, 0.1) is 5.92 Å². The number of thioether (sulfide) groups is 2. The highest BCUT2D eigenvalue weighted by atomic mass is 32.2. The molecule has 1 fully saturated rings.